The summed E-state index contributed by atoms with van der Waals surface area (Å²) >= 11 is 1.43. The van der Waals surface area contributed by atoms with E-state index in [1.54, 1.807) is 10.9 Å². The lowest BCUT2D eigenvalue weighted by molar-refractivity contribution is 0.163. The first-order chi connectivity index (χ1) is 9.74. The van der Waals surface area contributed by atoms with Crippen molar-refractivity contribution in [3.8, 4) is 0 Å². The molecule has 2 N–H and O–H groups in total. The van der Waals surface area contributed by atoms with Gasteiger partial charge >= 0.3 is 0 Å². The van der Waals surface area contributed by atoms with E-state index in [9.17, 15) is 9.90 Å². The lowest BCUT2D eigenvalue weighted by Gasteiger charge is -2.28. The summed E-state index contributed by atoms with van der Waals surface area (Å²) < 4.78 is 2.36. The summed E-state index contributed by atoms with van der Waals surface area (Å²) in [5, 5.41) is 14.9. The Morgan fingerprint density at radius 1 is 1.45 bits per heavy atom. The first-order valence-electron chi connectivity index (χ1n) is 7.03. The van der Waals surface area contributed by atoms with Gasteiger partial charge in [-0.3, -0.25) is 9.36 Å². The van der Waals surface area contributed by atoms with Crippen LogP contribution in [-0.2, 0) is 6.54 Å². The molecule has 3 rings (SSSR count). The molecule has 1 aliphatic carbocycles. The Morgan fingerprint density at radius 2 is 2.25 bits per heavy atom. The largest absolute Gasteiger partial charge is 0.394 e. The van der Waals surface area contributed by atoms with E-state index >= 15 is 0 Å². The Kier molecular flexibility index (Phi) is 3.87. The fraction of sp³-hybridized carbons (Fsp3) is 0.571. The van der Waals surface area contributed by atoms with Crippen LogP contribution in [0.5, 0.6) is 0 Å². The molecule has 1 saturated carbocycles. The number of hydrogen-bond acceptors (Lipinski definition) is 5. The Hall–Kier alpha value is -1.24. The van der Waals surface area contributed by atoms with Gasteiger partial charge < -0.3 is 10.4 Å². The molecule has 2 aromatic rings. The van der Waals surface area contributed by atoms with E-state index in [1.807, 2.05) is 11.4 Å². The Labute approximate surface area is 121 Å². The number of nitrogens with one attached hydrogen (secondary N) is 1. The number of aliphatic hydroxyl groups excluding tert-OH is 1. The van der Waals surface area contributed by atoms with E-state index < -0.39 is 0 Å². The summed E-state index contributed by atoms with van der Waals surface area (Å²) in [5.74, 6) is 0. The third kappa shape index (κ3) is 2.51. The molecule has 0 amide bonds. The second-order valence-electron chi connectivity index (χ2n) is 5.45. The highest BCUT2D eigenvalue weighted by molar-refractivity contribution is 7.17. The molecule has 1 fully saturated rings. The molecule has 0 atom stereocenters. The topological polar surface area (TPSA) is 67.2 Å². The number of aromatic nitrogens is 2. The number of aliphatic hydroxyl groups is 1. The number of hydrogen-bond donors (Lipinski definition) is 2. The molecule has 0 aliphatic heterocycles. The van der Waals surface area contributed by atoms with Gasteiger partial charge in [0, 0.05) is 18.6 Å². The molecule has 5 nitrogen and oxygen atoms in total. The van der Waals surface area contributed by atoms with Gasteiger partial charge in [0.05, 0.1) is 18.5 Å². The molecule has 0 saturated heterocycles. The summed E-state index contributed by atoms with van der Waals surface area (Å²) in [5.41, 5.74) is 0.660. The molecule has 0 aromatic carbocycles. The van der Waals surface area contributed by atoms with Crippen LogP contribution in [0, 0.1) is 0 Å². The predicted molar refractivity (Wildman–Crippen MR) is 80.2 cm³/mol. The first kappa shape index (κ1) is 13.7. The minimum Gasteiger partial charge on any atom is -0.394 e. The van der Waals surface area contributed by atoms with Gasteiger partial charge in [0.25, 0.3) is 5.56 Å². The SMILES string of the molecule is O=c1c2sccc2ncn1CCNC1(CO)CCCC1. The lowest BCUT2D eigenvalue weighted by Crippen LogP contribution is -2.47. The van der Waals surface area contributed by atoms with Crippen LogP contribution in [0.3, 0.4) is 0 Å². The second-order valence-corrected chi connectivity index (χ2v) is 6.37. The van der Waals surface area contributed by atoms with Gasteiger partial charge in [-0.2, -0.15) is 0 Å². The minimum atomic E-state index is -0.135. The molecule has 0 bridgehead atoms. The van der Waals surface area contributed by atoms with E-state index in [4.69, 9.17) is 0 Å². The molecule has 0 radical (unpaired) electrons. The molecule has 6 heteroatoms. The quantitative estimate of drug-likeness (QED) is 0.873. The van der Waals surface area contributed by atoms with Crippen molar-refractivity contribution in [3.05, 3.63) is 28.1 Å². The third-order valence-corrected chi connectivity index (χ3v) is 5.04. The van der Waals surface area contributed by atoms with E-state index in [2.05, 4.69) is 10.3 Å². The van der Waals surface area contributed by atoms with Crippen molar-refractivity contribution in [2.24, 2.45) is 0 Å². The fourth-order valence-corrected chi connectivity index (χ4v) is 3.71. The molecule has 2 heterocycles. The summed E-state index contributed by atoms with van der Waals surface area (Å²) in [7, 11) is 0. The molecule has 20 heavy (non-hydrogen) atoms. The Morgan fingerprint density at radius 3 is 3.00 bits per heavy atom. The van der Waals surface area contributed by atoms with Crippen LogP contribution in [0.4, 0.5) is 0 Å². The van der Waals surface area contributed by atoms with Crippen LogP contribution >= 0.6 is 11.3 Å². The summed E-state index contributed by atoms with van der Waals surface area (Å²) in [4.78, 5) is 16.5. The zero-order valence-electron chi connectivity index (χ0n) is 11.3. The van der Waals surface area contributed by atoms with Crippen LogP contribution in [0.2, 0.25) is 0 Å². The van der Waals surface area contributed by atoms with Crippen molar-refractivity contribution < 1.29 is 5.11 Å². The molecular weight excluding hydrogens is 274 g/mol. The first-order valence-corrected chi connectivity index (χ1v) is 7.91. The molecule has 0 unspecified atom stereocenters. The van der Waals surface area contributed by atoms with Crippen LogP contribution in [0.25, 0.3) is 10.2 Å². The van der Waals surface area contributed by atoms with E-state index in [1.165, 1.54) is 11.3 Å². The van der Waals surface area contributed by atoms with E-state index in [0.29, 0.717) is 17.8 Å². The van der Waals surface area contributed by atoms with Gasteiger partial charge in [-0.25, -0.2) is 4.98 Å². The second kappa shape index (κ2) is 5.63. The van der Waals surface area contributed by atoms with Gasteiger partial charge in [0.1, 0.15) is 4.70 Å². The van der Waals surface area contributed by atoms with E-state index in [0.717, 1.165) is 31.2 Å². The minimum absolute atomic E-state index is 0.0243. The van der Waals surface area contributed by atoms with Gasteiger partial charge in [-0.1, -0.05) is 12.8 Å². The van der Waals surface area contributed by atoms with Crippen molar-refractivity contribution in [2.45, 2.75) is 37.8 Å². The van der Waals surface area contributed by atoms with Crippen LogP contribution < -0.4 is 10.9 Å². The third-order valence-electron chi connectivity index (χ3n) is 4.15. The summed E-state index contributed by atoms with van der Waals surface area (Å²) in [6.07, 6.45) is 5.97. The summed E-state index contributed by atoms with van der Waals surface area (Å²) in [6.45, 7) is 1.44. The van der Waals surface area contributed by atoms with Crippen molar-refractivity contribution in [2.75, 3.05) is 13.2 Å². The highest BCUT2D eigenvalue weighted by Gasteiger charge is 2.32. The zero-order chi connectivity index (χ0) is 14.0. The standard InChI is InChI=1S/C14H19N3O2S/c18-9-14(4-1-2-5-14)16-6-7-17-10-15-11-3-8-20-12(11)13(17)19/h3,8,10,16,18H,1-2,4-7,9H2. The highest BCUT2D eigenvalue weighted by Crippen LogP contribution is 2.28. The lowest BCUT2D eigenvalue weighted by atomic mass is 9.99. The molecule has 0 spiro atoms. The average molecular weight is 293 g/mol. The molecule has 108 valence electrons. The maximum absolute atomic E-state index is 12.2. The van der Waals surface area contributed by atoms with Crippen molar-refractivity contribution in [1.29, 1.82) is 0 Å². The maximum atomic E-state index is 12.2. The van der Waals surface area contributed by atoms with Crippen molar-refractivity contribution >= 4 is 21.6 Å². The number of nitrogens with zero attached hydrogens (tertiary/aromatic N) is 2. The molecule has 1 aliphatic rings. The van der Waals surface area contributed by atoms with Crippen LogP contribution in [0.1, 0.15) is 25.7 Å². The smallest absolute Gasteiger partial charge is 0.271 e. The van der Waals surface area contributed by atoms with Crippen molar-refractivity contribution in [3.63, 3.8) is 0 Å². The van der Waals surface area contributed by atoms with Crippen molar-refractivity contribution in [1.82, 2.24) is 14.9 Å². The average Bonchev–Trinajstić information content (AvgIpc) is 3.11. The van der Waals surface area contributed by atoms with Crippen LogP contribution in [0.15, 0.2) is 22.6 Å². The molecular formula is C14H19N3O2S. The van der Waals surface area contributed by atoms with Gasteiger partial charge in [-0.05, 0) is 24.3 Å². The normalized spacial score (nSPS) is 17.9. The van der Waals surface area contributed by atoms with Gasteiger partial charge in [0.2, 0.25) is 0 Å². The predicted octanol–water partition coefficient (Wildman–Crippen LogP) is 1.35. The monoisotopic (exact) mass is 293 g/mol. The fourth-order valence-electron chi connectivity index (χ4n) is 2.92. The zero-order valence-corrected chi connectivity index (χ0v) is 12.2. The number of thiophene rings is 1. The van der Waals surface area contributed by atoms with E-state index in [-0.39, 0.29) is 17.7 Å². The number of rotatable bonds is 5. The van der Waals surface area contributed by atoms with Gasteiger partial charge in [0.15, 0.2) is 0 Å². The summed E-state index contributed by atoms with van der Waals surface area (Å²) in [6, 6.07) is 1.86. The highest BCUT2D eigenvalue weighted by atomic mass is 32.1. The molecule has 2 aromatic heterocycles. The number of fused-ring (bicyclic) bond motifs is 1. The maximum Gasteiger partial charge on any atom is 0.271 e. The van der Waals surface area contributed by atoms with Crippen LogP contribution in [-0.4, -0.2) is 33.3 Å². The van der Waals surface area contributed by atoms with Gasteiger partial charge in [-0.15, -0.1) is 11.3 Å². The Balaban J connectivity index is 1.68. The Bertz CT molecular complexity index is 643.